The monoisotopic (exact) mass is 314 g/mol. The molecule has 0 heterocycles. The number of carbonyl (C=O) groups excluding carboxylic acids is 1. The maximum Gasteiger partial charge on any atom is 0.311 e. The third kappa shape index (κ3) is 3.48. The van der Waals surface area contributed by atoms with Gasteiger partial charge in [0.1, 0.15) is 0 Å². The average Bonchev–Trinajstić information content (AvgIpc) is 2.59. The quantitative estimate of drug-likeness (QED) is 0.626. The highest BCUT2D eigenvalue weighted by Gasteiger charge is 2.23. The minimum absolute atomic E-state index is 0.130. The molecule has 120 valence electrons. The SMILES string of the molecule is COc1ccc(C(=O)N(C)C(C)c2ccccc2)cc1[N+](=O)[O-]. The minimum atomic E-state index is -0.559. The lowest BCUT2D eigenvalue weighted by molar-refractivity contribution is -0.385. The molecule has 0 aliphatic rings. The van der Waals surface area contributed by atoms with E-state index in [-0.39, 0.29) is 28.9 Å². The van der Waals surface area contributed by atoms with E-state index in [1.54, 1.807) is 11.9 Å². The summed E-state index contributed by atoms with van der Waals surface area (Å²) in [5.41, 5.74) is 1.02. The summed E-state index contributed by atoms with van der Waals surface area (Å²) in [5, 5.41) is 11.1. The molecule has 2 rings (SSSR count). The number of hydrogen-bond donors (Lipinski definition) is 0. The summed E-state index contributed by atoms with van der Waals surface area (Å²) in [7, 11) is 3.03. The van der Waals surface area contributed by atoms with Crippen molar-refractivity contribution in [2.75, 3.05) is 14.2 Å². The van der Waals surface area contributed by atoms with Crippen LogP contribution >= 0.6 is 0 Å². The van der Waals surface area contributed by atoms with Crippen LogP contribution < -0.4 is 4.74 Å². The van der Waals surface area contributed by atoms with Crippen molar-refractivity contribution in [2.24, 2.45) is 0 Å². The zero-order valence-electron chi connectivity index (χ0n) is 13.2. The van der Waals surface area contributed by atoms with Gasteiger partial charge in [0.25, 0.3) is 5.91 Å². The Labute approximate surface area is 134 Å². The largest absolute Gasteiger partial charge is 0.490 e. The Morgan fingerprint density at radius 1 is 1.22 bits per heavy atom. The maximum atomic E-state index is 12.6. The van der Waals surface area contributed by atoms with Gasteiger partial charge in [-0.1, -0.05) is 30.3 Å². The Balaban J connectivity index is 2.29. The molecule has 0 saturated heterocycles. The molecule has 6 nitrogen and oxygen atoms in total. The van der Waals surface area contributed by atoms with Gasteiger partial charge in [-0.15, -0.1) is 0 Å². The lowest BCUT2D eigenvalue weighted by Crippen LogP contribution is -2.29. The molecule has 0 aliphatic heterocycles. The predicted octanol–water partition coefficient (Wildman–Crippen LogP) is 3.44. The van der Waals surface area contributed by atoms with Gasteiger partial charge >= 0.3 is 5.69 Å². The molecule has 2 aromatic rings. The molecule has 0 aliphatic carbocycles. The second kappa shape index (κ2) is 6.91. The van der Waals surface area contributed by atoms with Gasteiger partial charge in [0.15, 0.2) is 5.75 Å². The number of ether oxygens (including phenoxy) is 1. The van der Waals surface area contributed by atoms with Crippen LogP contribution in [0.4, 0.5) is 5.69 Å². The van der Waals surface area contributed by atoms with Gasteiger partial charge < -0.3 is 9.64 Å². The van der Waals surface area contributed by atoms with Gasteiger partial charge in [-0.05, 0) is 24.6 Å². The third-order valence-electron chi connectivity index (χ3n) is 3.81. The molecule has 0 radical (unpaired) electrons. The standard InChI is InChI=1S/C17H18N2O4/c1-12(13-7-5-4-6-8-13)18(2)17(20)14-9-10-16(23-3)15(11-14)19(21)22/h4-12H,1-3H3. The molecule has 6 heteroatoms. The van der Waals surface area contributed by atoms with E-state index in [1.165, 1.54) is 25.3 Å². The molecule has 0 N–H and O–H groups in total. The zero-order chi connectivity index (χ0) is 17.0. The summed E-state index contributed by atoms with van der Waals surface area (Å²) in [6, 6.07) is 13.7. The Kier molecular flexibility index (Phi) is 4.95. The number of amides is 1. The van der Waals surface area contributed by atoms with Crippen molar-refractivity contribution in [1.29, 1.82) is 0 Å². The van der Waals surface area contributed by atoms with E-state index in [1.807, 2.05) is 37.3 Å². The maximum absolute atomic E-state index is 12.6. The lowest BCUT2D eigenvalue weighted by Gasteiger charge is -2.25. The molecule has 0 fully saturated rings. The first-order valence-electron chi connectivity index (χ1n) is 7.10. The molecule has 0 saturated carbocycles. The highest BCUT2D eigenvalue weighted by atomic mass is 16.6. The summed E-state index contributed by atoms with van der Waals surface area (Å²) in [5.74, 6) is -0.155. The number of nitro groups is 1. The number of carbonyl (C=O) groups is 1. The third-order valence-corrected chi connectivity index (χ3v) is 3.81. The predicted molar refractivity (Wildman–Crippen MR) is 86.6 cm³/mol. The fraction of sp³-hybridized carbons (Fsp3) is 0.235. The number of nitro benzene ring substituents is 1. The molecule has 0 aromatic heterocycles. The normalized spacial score (nSPS) is 11.6. The molecular formula is C17H18N2O4. The summed E-state index contributed by atoms with van der Waals surface area (Å²) in [6.07, 6.45) is 0. The minimum Gasteiger partial charge on any atom is -0.490 e. The van der Waals surface area contributed by atoms with Crippen LogP contribution in [0.1, 0.15) is 28.9 Å². The first-order valence-corrected chi connectivity index (χ1v) is 7.10. The summed E-state index contributed by atoms with van der Waals surface area (Å²) in [6.45, 7) is 1.91. The van der Waals surface area contributed by atoms with Crippen molar-refractivity contribution in [3.8, 4) is 5.75 Å². The first kappa shape index (κ1) is 16.5. The number of methoxy groups -OCH3 is 1. The van der Waals surface area contributed by atoms with Crippen molar-refractivity contribution < 1.29 is 14.5 Å². The molecule has 0 spiro atoms. The van der Waals surface area contributed by atoms with Gasteiger partial charge in [-0.25, -0.2) is 0 Å². The van der Waals surface area contributed by atoms with Gasteiger partial charge in [-0.3, -0.25) is 14.9 Å². The number of benzene rings is 2. The number of hydrogen-bond acceptors (Lipinski definition) is 4. The first-order chi connectivity index (χ1) is 11.0. The van der Waals surface area contributed by atoms with Crippen LogP contribution in [-0.2, 0) is 0 Å². The Morgan fingerprint density at radius 2 is 1.87 bits per heavy atom. The van der Waals surface area contributed by atoms with Crippen LogP contribution in [0.25, 0.3) is 0 Å². The molecule has 1 amide bonds. The second-order valence-electron chi connectivity index (χ2n) is 5.15. The van der Waals surface area contributed by atoms with Crippen LogP contribution in [0.2, 0.25) is 0 Å². The highest BCUT2D eigenvalue weighted by Crippen LogP contribution is 2.29. The van der Waals surface area contributed by atoms with Gasteiger partial charge in [0, 0.05) is 18.7 Å². The van der Waals surface area contributed by atoms with Gasteiger partial charge in [-0.2, -0.15) is 0 Å². The Hall–Kier alpha value is -2.89. The summed E-state index contributed by atoms with van der Waals surface area (Å²) in [4.78, 5) is 24.7. The number of rotatable bonds is 5. The van der Waals surface area contributed by atoms with Crippen LogP contribution in [0.15, 0.2) is 48.5 Å². The number of nitrogens with zero attached hydrogens (tertiary/aromatic N) is 2. The summed E-state index contributed by atoms with van der Waals surface area (Å²) < 4.78 is 4.95. The molecule has 23 heavy (non-hydrogen) atoms. The van der Waals surface area contributed by atoms with E-state index in [0.29, 0.717) is 0 Å². The summed E-state index contributed by atoms with van der Waals surface area (Å²) >= 11 is 0. The molecular weight excluding hydrogens is 296 g/mol. The fourth-order valence-corrected chi connectivity index (χ4v) is 2.30. The molecule has 2 aromatic carbocycles. The smallest absolute Gasteiger partial charge is 0.311 e. The van der Waals surface area contributed by atoms with E-state index < -0.39 is 4.92 Å². The highest BCUT2D eigenvalue weighted by molar-refractivity contribution is 5.95. The second-order valence-corrected chi connectivity index (χ2v) is 5.15. The molecule has 1 atom stereocenters. The van der Waals surface area contributed by atoms with E-state index in [4.69, 9.17) is 4.74 Å². The van der Waals surface area contributed by atoms with Crippen molar-refractivity contribution in [3.05, 3.63) is 69.8 Å². The van der Waals surface area contributed by atoms with Crippen LogP contribution in [0.3, 0.4) is 0 Å². The van der Waals surface area contributed by atoms with E-state index >= 15 is 0 Å². The van der Waals surface area contributed by atoms with Crippen LogP contribution in [0, 0.1) is 10.1 Å². The van der Waals surface area contributed by atoms with Crippen molar-refractivity contribution in [1.82, 2.24) is 4.90 Å². The van der Waals surface area contributed by atoms with Crippen LogP contribution in [-0.4, -0.2) is 29.9 Å². The molecule has 0 bridgehead atoms. The van der Waals surface area contributed by atoms with Crippen LogP contribution in [0.5, 0.6) is 5.75 Å². The topological polar surface area (TPSA) is 72.7 Å². The fourth-order valence-electron chi connectivity index (χ4n) is 2.30. The average molecular weight is 314 g/mol. The van der Waals surface area contributed by atoms with E-state index in [2.05, 4.69) is 0 Å². The Morgan fingerprint density at radius 3 is 2.43 bits per heavy atom. The lowest BCUT2D eigenvalue weighted by atomic mass is 10.1. The van der Waals surface area contributed by atoms with Crippen molar-refractivity contribution in [3.63, 3.8) is 0 Å². The van der Waals surface area contributed by atoms with Crippen molar-refractivity contribution >= 4 is 11.6 Å². The molecule has 1 unspecified atom stereocenters. The van der Waals surface area contributed by atoms with E-state index in [0.717, 1.165) is 5.56 Å². The zero-order valence-corrected chi connectivity index (χ0v) is 13.2. The Bertz CT molecular complexity index is 716. The van der Waals surface area contributed by atoms with E-state index in [9.17, 15) is 14.9 Å². The van der Waals surface area contributed by atoms with Gasteiger partial charge in [0.05, 0.1) is 18.1 Å². The van der Waals surface area contributed by atoms with Crippen molar-refractivity contribution in [2.45, 2.75) is 13.0 Å². The van der Waals surface area contributed by atoms with Gasteiger partial charge in [0.2, 0.25) is 0 Å².